The number of methoxy groups -OCH3 is 1. The lowest BCUT2D eigenvalue weighted by molar-refractivity contribution is -0.138. The molecule has 1 aromatic rings. The summed E-state index contributed by atoms with van der Waals surface area (Å²) in [6.07, 6.45) is -0.598. The SMILES string of the molecule is COCC1(CNC(=O)C2(c3cccc(C(F)(F)F)c3)CCC2)CCNCC1.Cl. The number of piperidine rings is 1. The summed E-state index contributed by atoms with van der Waals surface area (Å²) in [6.45, 7) is 2.80. The summed E-state index contributed by atoms with van der Waals surface area (Å²) in [4.78, 5) is 13.0. The number of amides is 1. The predicted octanol–water partition coefficient (Wildman–Crippen LogP) is 3.68. The Bertz CT molecular complexity index is 666. The molecule has 4 nitrogen and oxygen atoms in total. The Kier molecular flexibility index (Phi) is 7.39. The first-order chi connectivity index (χ1) is 12.8. The van der Waals surface area contributed by atoms with Crippen LogP contribution in [0.1, 0.15) is 43.2 Å². The number of benzene rings is 1. The minimum Gasteiger partial charge on any atom is -0.384 e. The molecule has 1 amide bonds. The highest BCUT2D eigenvalue weighted by molar-refractivity contribution is 5.89. The van der Waals surface area contributed by atoms with Crippen LogP contribution in [0.4, 0.5) is 13.2 Å². The van der Waals surface area contributed by atoms with Gasteiger partial charge in [-0.1, -0.05) is 24.6 Å². The maximum atomic E-state index is 13.1. The summed E-state index contributed by atoms with van der Waals surface area (Å²) < 4.78 is 44.6. The molecule has 1 aliphatic carbocycles. The number of ether oxygens (including phenoxy) is 1. The molecule has 158 valence electrons. The third kappa shape index (κ3) is 4.63. The zero-order valence-corrected chi connectivity index (χ0v) is 16.8. The molecule has 28 heavy (non-hydrogen) atoms. The largest absolute Gasteiger partial charge is 0.416 e. The molecule has 0 spiro atoms. The molecule has 2 fully saturated rings. The average Bonchev–Trinajstić information content (AvgIpc) is 2.60. The molecule has 2 N–H and O–H groups in total. The summed E-state index contributed by atoms with van der Waals surface area (Å²) in [5.74, 6) is -0.165. The van der Waals surface area contributed by atoms with Gasteiger partial charge in [0.2, 0.25) is 5.91 Å². The van der Waals surface area contributed by atoms with Crippen LogP contribution < -0.4 is 10.6 Å². The molecule has 0 unspecified atom stereocenters. The lowest BCUT2D eigenvalue weighted by Gasteiger charge is -2.43. The number of alkyl halides is 3. The normalized spacial score (nSPS) is 20.6. The molecule has 1 aromatic carbocycles. The van der Waals surface area contributed by atoms with Crippen LogP contribution >= 0.6 is 12.4 Å². The van der Waals surface area contributed by atoms with E-state index in [4.69, 9.17) is 4.74 Å². The van der Waals surface area contributed by atoms with Gasteiger partial charge in [-0.05, 0) is 50.4 Å². The second-order valence-corrected chi connectivity index (χ2v) is 7.88. The highest BCUT2D eigenvalue weighted by Gasteiger charge is 2.47. The Morgan fingerprint density at radius 1 is 1.21 bits per heavy atom. The van der Waals surface area contributed by atoms with E-state index in [1.54, 1.807) is 13.2 Å². The van der Waals surface area contributed by atoms with E-state index in [-0.39, 0.29) is 23.7 Å². The van der Waals surface area contributed by atoms with Crippen LogP contribution in [0.3, 0.4) is 0 Å². The van der Waals surface area contributed by atoms with Crippen LogP contribution in [0.15, 0.2) is 24.3 Å². The number of carbonyl (C=O) groups excluding carboxylic acids is 1. The van der Waals surface area contributed by atoms with Crippen LogP contribution in [0.5, 0.6) is 0 Å². The predicted molar refractivity (Wildman–Crippen MR) is 104 cm³/mol. The van der Waals surface area contributed by atoms with Crippen molar-refractivity contribution in [3.8, 4) is 0 Å². The molecule has 1 saturated heterocycles. The number of carbonyl (C=O) groups is 1. The molecular formula is C20H28ClF3N2O2. The van der Waals surface area contributed by atoms with Gasteiger partial charge in [0, 0.05) is 19.1 Å². The minimum absolute atomic E-state index is 0. The van der Waals surface area contributed by atoms with Crippen molar-refractivity contribution in [2.75, 3.05) is 33.4 Å². The first kappa shape index (κ1) is 23.0. The number of hydrogen-bond donors (Lipinski definition) is 2. The van der Waals surface area contributed by atoms with Crippen LogP contribution in [-0.2, 0) is 21.1 Å². The van der Waals surface area contributed by atoms with Crippen molar-refractivity contribution >= 4 is 18.3 Å². The summed E-state index contributed by atoms with van der Waals surface area (Å²) >= 11 is 0. The fraction of sp³-hybridized carbons (Fsp3) is 0.650. The second-order valence-electron chi connectivity index (χ2n) is 7.88. The van der Waals surface area contributed by atoms with Crippen molar-refractivity contribution in [3.63, 3.8) is 0 Å². The molecule has 1 heterocycles. The van der Waals surface area contributed by atoms with E-state index in [1.165, 1.54) is 6.07 Å². The van der Waals surface area contributed by atoms with Crippen LogP contribution in [0.2, 0.25) is 0 Å². The summed E-state index contributed by atoms with van der Waals surface area (Å²) in [5, 5.41) is 6.36. The number of nitrogens with one attached hydrogen (secondary N) is 2. The number of rotatable bonds is 6. The van der Waals surface area contributed by atoms with Crippen LogP contribution in [-0.4, -0.2) is 39.3 Å². The topological polar surface area (TPSA) is 50.4 Å². The smallest absolute Gasteiger partial charge is 0.384 e. The first-order valence-corrected chi connectivity index (χ1v) is 9.47. The highest BCUT2D eigenvalue weighted by Crippen LogP contribution is 2.45. The van der Waals surface area contributed by atoms with Gasteiger partial charge in [0.05, 0.1) is 17.6 Å². The molecule has 0 radical (unpaired) electrons. The van der Waals surface area contributed by atoms with Gasteiger partial charge in [0.1, 0.15) is 0 Å². The van der Waals surface area contributed by atoms with E-state index in [2.05, 4.69) is 10.6 Å². The average molecular weight is 421 g/mol. The first-order valence-electron chi connectivity index (χ1n) is 9.47. The van der Waals surface area contributed by atoms with Gasteiger partial charge in [0.25, 0.3) is 0 Å². The molecule has 1 saturated carbocycles. The molecule has 0 bridgehead atoms. The van der Waals surface area contributed by atoms with Crippen molar-refractivity contribution in [1.82, 2.24) is 10.6 Å². The zero-order valence-electron chi connectivity index (χ0n) is 16.0. The zero-order chi connectivity index (χ0) is 19.5. The Hall–Kier alpha value is -1.31. The molecule has 2 aliphatic rings. The summed E-state index contributed by atoms with van der Waals surface area (Å²) in [5.41, 5.74) is -1.20. The van der Waals surface area contributed by atoms with Crippen LogP contribution in [0.25, 0.3) is 0 Å². The standard InChI is InChI=1S/C20H27F3N2O2.ClH/c1-27-14-18(8-10-24-11-9-18)13-25-17(26)19(6-3-7-19)15-4-2-5-16(12-15)20(21,22)23;/h2,4-5,12,24H,3,6-11,13-14H2,1H3,(H,25,26);1H. The van der Waals surface area contributed by atoms with Crippen molar-refractivity contribution in [1.29, 1.82) is 0 Å². The van der Waals surface area contributed by atoms with Gasteiger partial charge in [-0.25, -0.2) is 0 Å². The molecule has 1 aliphatic heterocycles. The van der Waals surface area contributed by atoms with Gasteiger partial charge in [-0.3, -0.25) is 4.79 Å². The lowest BCUT2D eigenvalue weighted by atomic mass is 9.63. The Morgan fingerprint density at radius 2 is 1.89 bits per heavy atom. The Labute approximate surface area is 170 Å². The lowest BCUT2D eigenvalue weighted by Crippen LogP contribution is -2.54. The summed E-state index contributed by atoms with van der Waals surface area (Å²) in [7, 11) is 1.65. The van der Waals surface area contributed by atoms with E-state index < -0.39 is 17.2 Å². The maximum Gasteiger partial charge on any atom is 0.416 e. The monoisotopic (exact) mass is 420 g/mol. The van der Waals surface area contributed by atoms with E-state index >= 15 is 0 Å². The highest BCUT2D eigenvalue weighted by atomic mass is 35.5. The van der Waals surface area contributed by atoms with Gasteiger partial charge in [-0.15, -0.1) is 12.4 Å². The summed E-state index contributed by atoms with van der Waals surface area (Å²) in [6, 6.07) is 5.22. The number of halogens is 4. The Balaban J connectivity index is 0.00000280. The van der Waals surface area contributed by atoms with Crippen molar-refractivity contribution in [3.05, 3.63) is 35.4 Å². The van der Waals surface area contributed by atoms with Crippen molar-refractivity contribution < 1.29 is 22.7 Å². The minimum atomic E-state index is -4.41. The van der Waals surface area contributed by atoms with E-state index in [0.29, 0.717) is 31.6 Å². The van der Waals surface area contributed by atoms with E-state index in [9.17, 15) is 18.0 Å². The van der Waals surface area contributed by atoms with Crippen molar-refractivity contribution in [2.45, 2.75) is 43.7 Å². The molecular weight excluding hydrogens is 393 g/mol. The fourth-order valence-corrected chi connectivity index (χ4v) is 4.24. The van der Waals surface area contributed by atoms with E-state index in [0.717, 1.165) is 44.5 Å². The quantitative estimate of drug-likeness (QED) is 0.738. The maximum absolute atomic E-state index is 13.1. The van der Waals surface area contributed by atoms with Crippen LogP contribution in [0, 0.1) is 5.41 Å². The third-order valence-electron chi connectivity index (χ3n) is 6.12. The van der Waals surface area contributed by atoms with Gasteiger partial charge in [-0.2, -0.15) is 13.2 Å². The van der Waals surface area contributed by atoms with E-state index in [1.807, 2.05) is 0 Å². The fourth-order valence-electron chi connectivity index (χ4n) is 4.24. The molecule has 0 aromatic heterocycles. The molecule has 0 atom stereocenters. The molecule has 8 heteroatoms. The van der Waals surface area contributed by atoms with Gasteiger partial charge >= 0.3 is 6.18 Å². The third-order valence-corrected chi connectivity index (χ3v) is 6.12. The molecule has 3 rings (SSSR count). The Morgan fingerprint density at radius 3 is 2.43 bits per heavy atom. The van der Waals surface area contributed by atoms with Gasteiger partial charge < -0.3 is 15.4 Å². The second kappa shape index (κ2) is 9.01. The number of hydrogen-bond acceptors (Lipinski definition) is 3. The van der Waals surface area contributed by atoms with Crippen molar-refractivity contribution in [2.24, 2.45) is 5.41 Å². The van der Waals surface area contributed by atoms with Gasteiger partial charge in [0.15, 0.2) is 0 Å².